The zero-order valence-electron chi connectivity index (χ0n) is 10.6. The molecule has 2 N–H and O–H groups in total. The van der Waals surface area contributed by atoms with Crippen molar-refractivity contribution in [3.8, 4) is 5.75 Å². The molecule has 1 heterocycles. The molecular weight excluding hydrogens is 214 g/mol. The topological polar surface area (TPSA) is 44.5 Å². The lowest BCUT2D eigenvalue weighted by Crippen LogP contribution is -2.27. The van der Waals surface area contributed by atoms with Crippen LogP contribution in [0.2, 0.25) is 0 Å². The molecule has 1 fully saturated rings. The molecule has 2 rings (SSSR count). The molecule has 0 amide bonds. The molecule has 94 valence electrons. The first-order valence-corrected chi connectivity index (χ1v) is 6.20. The fourth-order valence-electron chi connectivity index (χ4n) is 2.46. The minimum Gasteiger partial charge on any atom is -0.496 e. The van der Waals surface area contributed by atoms with Crippen molar-refractivity contribution in [2.75, 3.05) is 20.3 Å². The van der Waals surface area contributed by atoms with Crippen LogP contribution >= 0.6 is 0 Å². The first kappa shape index (κ1) is 12.4. The Kier molecular flexibility index (Phi) is 4.02. The van der Waals surface area contributed by atoms with Crippen LogP contribution in [0.3, 0.4) is 0 Å². The van der Waals surface area contributed by atoms with E-state index in [0.717, 1.165) is 37.4 Å². The molecule has 0 bridgehead atoms. The first-order valence-electron chi connectivity index (χ1n) is 6.20. The zero-order valence-corrected chi connectivity index (χ0v) is 10.6. The molecule has 1 atom stereocenters. The second-order valence-corrected chi connectivity index (χ2v) is 4.70. The molecule has 0 saturated carbocycles. The lowest BCUT2D eigenvalue weighted by atomic mass is 9.87. The fourth-order valence-corrected chi connectivity index (χ4v) is 2.46. The molecule has 1 aliphatic rings. The molecule has 0 unspecified atom stereocenters. The molecule has 1 aromatic carbocycles. The standard InChI is InChI=1S/C14H21NO2/c1-10-9-12(3-4-13(10)16-2)14(15)11-5-7-17-8-6-11/h3-4,9,11,14H,5-8,15H2,1-2H3/t14-/m1/s1. The van der Waals surface area contributed by atoms with Gasteiger partial charge in [0.15, 0.2) is 0 Å². The molecule has 17 heavy (non-hydrogen) atoms. The number of aryl methyl sites for hydroxylation is 1. The number of hydrogen-bond donors (Lipinski definition) is 1. The predicted octanol–water partition coefficient (Wildman–Crippen LogP) is 2.43. The zero-order chi connectivity index (χ0) is 12.3. The van der Waals surface area contributed by atoms with E-state index in [2.05, 4.69) is 19.1 Å². The Morgan fingerprint density at radius 3 is 2.65 bits per heavy atom. The highest BCUT2D eigenvalue weighted by Crippen LogP contribution is 2.30. The summed E-state index contributed by atoms with van der Waals surface area (Å²) in [6.07, 6.45) is 2.12. The van der Waals surface area contributed by atoms with Gasteiger partial charge in [-0.2, -0.15) is 0 Å². The minimum absolute atomic E-state index is 0.114. The van der Waals surface area contributed by atoms with Crippen molar-refractivity contribution in [3.63, 3.8) is 0 Å². The summed E-state index contributed by atoms with van der Waals surface area (Å²) in [6, 6.07) is 6.33. The van der Waals surface area contributed by atoms with Gasteiger partial charge >= 0.3 is 0 Å². The van der Waals surface area contributed by atoms with Crippen molar-refractivity contribution in [2.24, 2.45) is 11.7 Å². The van der Waals surface area contributed by atoms with Gasteiger partial charge in [-0.25, -0.2) is 0 Å². The summed E-state index contributed by atoms with van der Waals surface area (Å²) in [5.41, 5.74) is 8.68. The maximum atomic E-state index is 6.33. The van der Waals surface area contributed by atoms with Crippen molar-refractivity contribution in [1.29, 1.82) is 0 Å². The lowest BCUT2D eigenvalue weighted by Gasteiger charge is -2.28. The molecule has 3 heteroatoms. The maximum absolute atomic E-state index is 6.33. The van der Waals surface area contributed by atoms with Gasteiger partial charge in [-0.3, -0.25) is 0 Å². The summed E-state index contributed by atoms with van der Waals surface area (Å²) in [6.45, 7) is 3.74. The summed E-state index contributed by atoms with van der Waals surface area (Å²) in [4.78, 5) is 0. The highest BCUT2D eigenvalue weighted by molar-refractivity contribution is 5.37. The summed E-state index contributed by atoms with van der Waals surface area (Å²) in [5, 5.41) is 0. The van der Waals surface area contributed by atoms with Crippen LogP contribution in [0.15, 0.2) is 18.2 Å². The van der Waals surface area contributed by atoms with Gasteiger partial charge in [0, 0.05) is 19.3 Å². The summed E-state index contributed by atoms with van der Waals surface area (Å²) < 4.78 is 10.6. The molecule has 1 aliphatic heterocycles. The number of methoxy groups -OCH3 is 1. The molecular formula is C14H21NO2. The fraction of sp³-hybridized carbons (Fsp3) is 0.571. The van der Waals surface area contributed by atoms with Crippen molar-refractivity contribution >= 4 is 0 Å². The van der Waals surface area contributed by atoms with Crippen LogP contribution in [0.4, 0.5) is 0 Å². The Morgan fingerprint density at radius 1 is 1.35 bits per heavy atom. The van der Waals surface area contributed by atoms with E-state index in [0.29, 0.717) is 5.92 Å². The maximum Gasteiger partial charge on any atom is 0.121 e. The van der Waals surface area contributed by atoms with E-state index in [1.807, 2.05) is 6.07 Å². The van der Waals surface area contributed by atoms with Gasteiger partial charge in [0.1, 0.15) is 5.75 Å². The van der Waals surface area contributed by atoms with Crippen molar-refractivity contribution in [3.05, 3.63) is 29.3 Å². The molecule has 1 aromatic rings. The third-order valence-electron chi connectivity index (χ3n) is 3.58. The number of nitrogens with two attached hydrogens (primary N) is 1. The Labute approximate surface area is 103 Å². The van der Waals surface area contributed by atoms with E-state index in [-0.39, 0.29) is 6.04 Å². The number of ether oxygens (including phenoxy) is 2. The lowest BCUT2D eigenvalue weighted by molar-refractivity contribution is 0.0583. The second-order valence-electron chi connectivity index (χ2n) is 4.70. The Bertz CT molecular complexity index is 372. The van der Waals surface area contributed by atoms with Crippen LogP contribution in [-0.4, -0.2) is 20.3 Å². The summed E-state index contributed by atoms with van der Waals surface area (Å²) in [5.74, 6) is 1.46. The number of hydrogen-bond acceptors (Lipinski definition) is 3. The Hall–Kier alpha value is -1.06. The van der Waals surface area contributed by atoms with Gasteiger partial charge in [0.25, 0.3) is 0 Å². The molecule has 3 nitrogen and oxygen atoms in total. The van der Waals surface area contributed by atoms with Gasteiger partial charge in [-0.05, 0) is 42.9 Å². The average molecular weight is 235 g/mol. The number of rotatable bonds is 3. The monoisotopic (exact) mass is 235 g/mol. The molecule has 0 radical (unpaired) electrons. The van der Waals surface area contributed by atoms with Crippen molar-refractivity contribution in [1.82, 2.24) is 0 Å². The van der Waals surface area contributed by atoms with E-state index in [9.17, 15) is 0 Å². The predicted molar refractivity (Wildman–Crippen MR) is 68.2 cm³/mol. The first-order chi connectivity index (χ1) is 8.22. The van der Waals surface area contributed by atoms with Crippen LogP contribution in [-0.2, 0) is 4.74 Å². The average Bonchev–Trinajstić information content (AvgIpc) is 2.39. The van der Waals surface area contributed by atoms with E-state index < -0.39 is 0 Å². The van der Waals surface area contributed by atoms with Gasteiger partial charge in [-0.1, -0.05) is 12.1 Å². The van der Waals surface area contributed by atoms with Crippen LogP contribution in [0.25, 0.3) is 0 Å². The van der Waals surface area contributed by atoms with E-state index in [4.69, 9.17) is 15.2 Å². The van der Waals surface area contributed by atoms with Crippen LogP contribution in [0, 0.1) is 12.8 Å². The van der Waals surface area contributed by atoms with Crippen LogP contribution in [0.5, 0.6) is 5.75 Å². The van der Waals surface area contributed by atoms with Gasteiger partial charge in [-0.15, -0.1) is 0 Å². The van der Waals surface area contributed by atoms with E-state index >= 15 is 0 Å². The Morgan fingerprint density at radius 2 is 2.06 bits per heavy atom. The second kappa shape index (κ2) is 5.52. The smallest absolute Gasteiger partial charge is 0.121 e. The third-order valence-corrected chi connectivity index (χ3v) is 3.58. The van der Waals surface area contributed by atoms with E-state index in [1.54, 1.807) is 7.11 Å². The number of benzene rings is 1. The third kappa shape index (κ3) is 2.79. The van der Waals surface area contributed by atoms with Crippen molar-refractivity contribution in [2.45, 2.75) is 25.8 Å². The molecule has 0 aliphatic carbocycles. The highest BCUT2D eigenvalue weighted by atomic mass is 16.5. The summed E-state index contributed by atoms with van der Waals surface area (Å²) in [7, 11) is 1.69. The molecule has 0 aromatic heterocycles. The van der Waals surface area contributed by atoms with Gasteiger partial charge in [0.05, 0.1) is 7.11 Å². The summed E-state index contributed by atoms with van der Waals surface area (Å²) >= 11 is 0. The largest absolute Gasteiger partial charge is 0.496 e. The molecule has 0 spiro atoms. The Balaban J connectivity index is 2.12. The minimum atomic E-state index is 0.114. The molecule has 1 saturated heterocycles. The highest BCUT2D eigenvalue weighted by Gasteiger charge is 2.22. The normalized spacial score (nSPS) is 19.0. The van der Waals surface area contributed by atoms with E-state index in [1.165, 1.54) is 5.56 Å². The van der Waals surface area contributed by atoms with Crippen LogP contribution < -0.4 is 10.5 Å². The van der Waals surface area contributed by atoms with Crippen molar-refractivity contribution < 1.29 is 9.47 Å². The SMILES string of the molecule is COc1ccc([C@H](N)C2CCOCC2)cc1C. The van der Waals surface area contributed by atoms with Crippen LogP contribution in [0.1, 0.15) is 30.0 Å². The quantitative estimate of drug-likeness (QED) is 0.875. The van der Waals surface area contributed by atoms with Gasteiger partial charge < -0.3 is 15.2 Å². The van der Waals surface area contributed by atoms with Gasteiger partial charge in [0.2, 0.25) is 0 Å².